The predicted molar refractivity (Wildman–Crippen MR) is 157 cm³/mol. The van der Waals surface area contributed by atoms with Gasteiger partial charge in [0.25, 0.3) is 11.5 Å². The molecule has 0 saturated heterocycles. The molecular weight excluding hydrogens is 463 g/mol. The molecule has 0 unspecified atom stereocenters. The van der Waals surface area contributed by atoms with Crippen molar-refractivity contribution >= 4 is 40.0 Å². The maximum atomic E-state index is 2.60. The van der Waals surface area contributed by atoms with E-state index in [-0.39, 0.29) is 12.4 Å². The number of aryl methyl sites for hydroxylation is 1. The summed E-state index contributed by atoms with van der Waals surface area (Å²) < 4.78 is 7.12. The average molecular weight is 496 g/mol. The van der Waals surface area contributed by atoms with Crippen molar-refractivity contribution in [2.45, 2.75) is 38.6 Å². The van der Waals surface area contributed by atoms with Gasteiger partial charge in [-0.2, -0.15) is 4.40 Å². The van der Waals surface area contributed by atoms with Crippen molar-refractivity contribution in [3.8, 4) is 0 Å². The van der Waals surface area contributed by atoms with E-state index in [0.717, 1.165) is 19.3 Å². The molecule has 0 spiro atoms. The number of imidazole rings is 1. The summed E-state index contributed by atoms with van der Waals surface area (Å²) in [6.45, 7) is 4.83. The van der Waals surface area contributed by atoms with E-state index in [0.29, 0.717) is 0 Å². The van der Waals surface area contributed by atoms with E-state index in [1.54, 1.807) is 0 Å². The first-order chi connectivity index (χ1) is 18.6. The van der Waals surface area contributed by atoms with Gasteiger partial charge in [0.1, 0.15) is 23.4 Å². The van der Waals surface area contributed by atoms with Crippen LogP contribution in [0.2, 0.25) is 0 Å². The van der Waals surface area contributed by atoms with Crippen molar-refractivity contribution in [2.24, 2.45) is 7.05 Å². The molecule has 0 saturated carbocycles. The summed E-state index contributed by atoms with van der Waals surface area (Å²) in [6.07, 6.45) is 18.8. The monoisotopic (exact) mass is 496 g/mol. The molecule has 186 valence electrons. The minimum Gasteiger partial charge on any atom is -0.289 e. The van der Waals surface area contributed by atoms with Gasteiger partial charge in [0, 0.05) is 16.8 Å². The molecule has 38 heavy (non-hydrogen) atoms. The van der Waals surface area contributed by atoms with Crippen LogP contribution in [0.15, 0.2) is 115 Å². The summed E-state index contributed by atoms with van der Waals surface area (Å²) in [7, 11) is 2.16. The fraction of sp³-hybridized carbons (Fsp3) is 0.212. The molecule has 3 aromatic heterocycles. The van der Waals surface area contributed by atoms with Gasteiger partial charge in [-0.05, 0) is 54.6 Å². The van der Waals surface area contributed by atoms with Crippen LogP contribution < -0.4 is 13.9 Å². The minimum absolute atomic E-state index is 0.0722. The van der Waals surface area contributed by atoms with Gasteiger partial charge in [0.2, 0.25) is 0 Å². The van der Waals surface area contributed by atoms with Crippen LogP contribution in [-0.4, -0.2) is 11.2 Å². The highest BCUT2D eigenvalue weighted by Crippen LogP contribution is 2.36. The molecule has 2 aliphatic rings. The van der Waals surface area contributed by atoms with E-state index in [1.807, 2.05) is 0 Å². The molecule has 0 amide bonds. The molecule has 5 aromatic rings. The lowest BCUT2D eigenvalue weighted by Gasteiger charge is -2.28. The molecule has 0 fully saturated rings. The Hall–Kier alpha value is -4.12. The highest BCUT2D eigenvalue weighted by molar-refractivity contribution is 6.76. The summed E-state index contributed by atoms with van der Waals surface area (Å²) in [5.74, 6) is 3.61. The molecule has 5 heteroatoms. The highest BCUT2D eigenvalue weighted by atomic mass is 15.2. The molecule has 7 rings (SSSR count). The number of pyridine rings is 2. The molecule has 0 N–H and O–H groups in total. The summed E-state index contributed by atoms with van der Waals surface area (Å²) in [5.41, 5.74) is 5.24. The number of anilines is 1. The van der Waals surface area contributed by atoms with E-state index in [9.17, 15) is 0 Å². The summed E-state index contributed by atoms with van der Waals surface area (Å²) in [4.78, 5) is 2.45. The van der Waals surface area contributed by atoms with Crippen molar-refractivity contribution in [1.29, 1.82) is 0 Å². The van der Waals surface area contributed by atoms with Crippen LogP contribution in [0.1, 0.15) is 32.3 Å². The Labute approximate surface area is 224 Å². The first-order valence-corrected chi connectivity index (χ1v) is 13.8. The summed E-state index contributed by atoms with van der Waals surface area (Å²) in [5, 5.41) is 3.96. The Morgan fingerprint density at radius 3 is 2.55 bits per heavy atom. The van der Waals surface area contributed by atoms with Crippen LogP contribution in [0, 0.1) is 0 Å². The quantitative estimate of drug-likeness (QED) is 0.169. The van der Waals surface area contributed by atoms with Crippen LogP contribution in [-0.2, 0) is 19.0 Å². The predicted octanol–water partition coefficient (Wildman–Crippen LogP) is 6.02. The first-order valence-electron chi connectivity index (χ1n) is 13.8. The van der Waals surface area contributed by atoms with Gasteiger partial charge in [-0.1, -0.05) is 68.4 Å². The molecular formula is C33H33BN4+2. The third-order valence-electron chi connectivity index (χ3n) is 8.82. The Bertz CT molecular complexity index is 1800. The van der Waals surface area contributed by atoms with Crippen LogP contribution in [0.3, 0.4) is 0 Å². The number of nitrogens with zero attached hydrogens (tertiary/aromatic N) is 4. The van der Waals surface area contributed by atoms with Gasteiger partial charge in [0.05, 0.1) is 24.8 Å². The maximum Gasteiger partial charge on any atom is 0.435 e. The number of para-hydroxylation sites is 1. The molecule has 0 aliphatic carbocycles. The van der Waals surface area contributed by atoms with E-state index in [1.165, 1.54) is 44.2 Å². The van der Waals surface area contributed by atoms with Crippen molar-refractivity contribution in [3.63, 3.8) is 0 Å². The van der Waals surface area contributed by atoms with Crippen molar-refractivity contribution < 1.29 is 9.13 Å². The minimum atomic E-state index is -0.0722. The largest absolute Gasteiger partial charge is 0.435 e. The standard InChI is InChI=1S/C33H33BN4/c1-4-33(5-2)24-26(34-18-9-11-20-38(34)30-17-8-10-19-37(30)33)23-25-13-12-15-28-27-14-6-7-16-29(27)36-22-21-35(3)32(36)31(25)28/h6-22,24H,4-5,23H2,1-3H3/q+2. The topological polar surface area (TPSA) is 15.4 Å². The van der Waals surface area contributed by atoms with Gasteiger partial charge >= 0.3 is 6.85 Å². The second-order valence-electron chi connectivity index (χ2n) is 10.7. The third kappa shape index (κ3) is 3.24. The Morgan fingerprint density at radius 1 is 0.868 bits per heavy atom. The molecule has 0 bridgehead atoms. The van der Waals surface area contributed by atoms with Crippen LogP contribution in [0.5, 0.6) is 0 Å². The highest BCUT2D eigenvalue weighted by Gasteiger charge is 2.44. The normalized spacial score (nSPS) is 16.1. The lowest BCUT2D eigenvalue weighted by atomic mass is 9.51. The third-order valence-corrected chi connectivity index (χ3v) is 8.82. The lowest BCUT2D eigenvalue weighted by Crippen LogP contribution is -2.56. The van der Waals surface area contributed by atoms with Crippen LogP contribution >= 0.6 is 0 Å². The average Bonchev–Trinajstić information content (AvgIpc) is 3.32. The number of aromatic nitrogens is 3. The Balaban J connectivity index is 1.49. The van der Waals surface area contributed by atoms with Crippen molar-refractivity contribution in [3.05, 3.63) is 121 Å². The van der Waals surface area contributed by atoms with Gasteiger partial charge in [0.15, 0.2) is 0 Å². The van der Waals surface area contributed by atoms with Gasteiger partial charge < -0.3 is 0 Å². The smallest absolute Gasteiger partial charge is 0.289 e. The summed E-state index contributed by atoms with van der Waals surface area (Å²) in [6, 6.07) is 22.2. The van der Waals surface area contributed by atoms with Gasteiger partial charge in [-0.15, -0.1) is 0 Å². The molecule has 5 heterocycles. The summed E-state index contributed by atoms with van der Waals surface area (Å²) >= 11 is 0. The van der Waals surface area contributed by atoms with Gasteiger partial charge in [-0.25, -0.2) is 9.13 Å². The second kappa shape index (κ2) is 8.73. The van der Waals surface area contributed by atoms with E-state index in [4.69, 9.17) is 0 Å². The van der Waals surface area contributed by atoms with Crippen molar-refractivity contribution in [1.82, 2.24) is 4.40 Å². The molecule has 0 atom stereocenters. The Morgan fingerprint density at radius 2 is 1.68 bits per heavy atom. The number of allylic oxidation sites excluding steroid dienone is 4. The number of hydrogen-bond donors (Lipinski definition) is 0. The fourth-order valence-corrected chi connectivity index (χ4v) is 6.83. The SMILES string of the molecule is CCC1(CC)C=C(Cc2cccc3c4ccccc4n4cc[n+](C)c4c23)B2C=CC=CN2c2cccc[n+]21. The number of rotatable bonds is 4. The second-order valence-corrected chi connectivity index (χ2v) is 10.7. The molecule has 4 nitrogen and oxygen atoms in total. The van der Waals surface area contributed by atoms with Crippen LogP contribution in [0.4, 0.5) is 5.82 Å². The van der Waals surface area contributed by atoms with Gasteiger partial charge in [-0.3, -0.25) is 4.81 Å². The zero-order valence-corrected chi connectivity index (χ0v) is 22.4. The lowest BCUT2D eigenvalue weighted by molar-refractivity contribution is -0.741. The first kappa shape index (κ1) is 23.0. The number of fused-ring (bicyclic) bond motifs is 9. The van der Waals surface area contributed by atoms with Crippen LogP contribution in [0.25, 0.3) is 27.3 Å². The van der Waals surface area contributed by atoms with E-state index >= 15 is 0 Å². The Kier molecular flexibility index (Phi) is 5.29. The fourth-order valence-electron chi connectivity index (χ4n) is 6.83. The molecule has 2 aromatic carbocycles. The number of hydrogen-bond acceptors (Lipinski definition) is 1. The van der Waals surface area contributed by atoms with E-state index in [2.05, 4.69) is 149 Å². The zero-order valence-electron chi connectivity index (χ0n) is 22.4. The molecule has 0 radical (unpaired) electrons. The number of benzene rings is 2. The van der Waals surface area contributed by atoms with Crippen molar-refractivity contribution in [2.75, 3.05) is 4.81 Å². The molecule has 2 aliphatic heterocycles. The maximum absolute atomic E-state index is 2.60. The zero-order chi connectivity index (χ0) is 25.9. The van der Waals surface area contributed by atoms with E-state index < -0.39 is 0 Å².